The van der Waals surface area contributed by atoms with Crippen molar-refractivity contribution in [3.63, 3.8) is 0 Å². The predicted molar refractivity (Wildman–Crippen MR) is 128 cm³/mol. The monoisotopic (exact) mass is 413 g/mol. The number of piperidine rings is 1. The van der Waals surface area contributed by atoms with E-state index in [0.29, 0.717) is 6.04 Å². The van der Waals surface area contributed by atoms with Gasteiger partial charge in [0.15, 0.2) is 5.96 Å². The molecular formula is C23H35N5S. The molecule has 29 heavy (non-hydrogen) atoms. The number of hydrogen-bond donors (Lipinski definition) is 2. The van der Waals surface area contributed by atoms with Gasteiger partial charge in [-0.3, -0.25) is 4.99 Å². The molecule has 0 saturated carbocycles. The van der Waals surface area contributed by atoms with Crippen LogP contribution in [0.3, 0.4) is 0 Å². The number of anilines is 2. The van der Waals surface area contributed by atoms with Crippen LogP contribution in [0.4, 0.5) is 10.7 Å². The molecule has 0 amide bonds. The largest absolute Gasteiger partial charge is 0.375 e. The molecule has 2 N–H and O–H groups in total. The predicted octanol–water partition coefficient (Wildman–Crippen LogP) is 4.19. The highest BCUT2D eigenvalue weighted by Gasteiger charge is 2.20. The van der Waals surface area contributed by atoms with Crippen LogP contribution in [-0.4, -0.2) is 51.8 Å². The Morgan fingerprint density at radius 2 is 1.93 bits per heavy atom. The van der Waals surface area contributed by atoms with Crippen molar-refractivity contribution in [1.82, 2.24) is 10.6 Å². The number of unbranched alkanes of at least 4 members (excludes halogenated alkanes) is 1. The maximum absolute atomic E-state index is 4.81. The first-order valence-electron chi connectivity index (χ1n) is 10.9. The number of aliphatic imine (C=N–C) groups is 1. The van der Waals surface area contributed by atoms with Crippen LogP contribution in [0, 0.1) is 0 Å². The second-order valence-electron chi connectivity index (χ2n) is 7.58. The van der Waals surface area contributed by atoms with Gasteiger partial charge in [0.05, 0.1) is 5.00 Å². The molecule has 0 unspecified atom stereocenters. The lowest BCUT2D eigenvalue weighted by molar-refractivity contribution is 0.462. The second-order valence-corrected chi connectivity index (χ2v) is 8.51. The zero-order valence-electron chi connectivity index (χ0n) is 17.8. The molecule has 2 heterocycles. The number of hydrogen-bond acceptors (Lipinski definition) is 4. The highest BCUT2D eigenvalue weighted by Crippen LogP contribution is 2.24. The van der Waals surface area contributed by atoms with Crippen molar-refractivity contribution >= 4 is 28.0 Å². The van der Waals surface area contributed by atoms with E-state index in [4.69, 9.17) is 4.99 Å². The van der Waals surface area contributed by atoms with Crippen LogP contribution >= 0.6 is 11.3 Å². The average molecular weight is 414 g/mol. The molecule has 5 nitrogen and oxygen atoms in total. The molecule has 0 spiro atoms. The van der Waals surface area contributed by atoms with Crippen molar-refractivity contribution in [1.29, 1.82) is 0 Å². The number of thiophene rings is 1. The van der Waals surface area contributed by atoms with E-state index < -0.39 is 0 Å². The summed E-state index contributed by atoms with van der Waals surface area (Å²) in [6.45, 7) is 7.19. The van der Waals surface area contributed by atoms with E-state index in [1.165, 1.54) is 10.7 Å². The first kappa shape index (κ1) is 21.5. The molecule has 1 aromatic carbocycles. The summed E-state index contributed by atoms with van der Waals surface area (Å²) >= 11 is 1.83. The van der Waals surface area contributed by atoms with E-state index in [1.54, 1.807) is 0 Å². The summed E-state index contributed by atoms with van der Waals surface area (Å²) in [5.74, 6) is 0.971. The van der Waals surface area contributed by atoms with E-state index in [1.807, 2.05) is 11.3 Å². The number of para-hydroxylation sites is 1. The standard InChI is InChI=1S/C23H35N5S/c1-3-24-23(25-15-7-8-16-27(2)21-10-5-4-6-11-21)26-20-13-17-28(18-14-20)22-12-9-19-29-22/h4-6,9-12,19-20H,3,7-8,13-18H2,1-2H3,(H2,24,25,26). The van der Waals surface area contributed by atoms with Crippen molar-refractivity contribution in [3.8, 4) is 0 Å². The van der Waals surface area contributed by atoms with E-state index in [0.717, 1.165) is 64.4 Å². The lowest BCUT2D eigenvalue weighted by atomic mass is 10.1. The van der Waals surface area contributed by atoms with Gasteiger partial charge in [0, 0.05) is 51.5 Å². The Labute approximate surface area is 179 Å². The number of nitrogens with one attached hydrogen (secondary N) is 2. The maximum Gasteiger partial charge on any atom is 0.191 e. The van der Waals surface area contributed by atoms with E-state index >= 15 is 0 Å². The molecule has 158 valence electrons. The number of benzene rings is 1. The lowest BCUT2D eigenvalue weighted by Crippen LogP contribution is -2.48. The second kappa shape index (κ2) is 11.7. The molecule has 1 saturated heterocycles. The normalized spacial score (nSPS) is 15.4. The van der Waals surface area contributed by atoms with Gasteiger partial charge in [-0.15, -0.1) is 11.3 Å². The van der Waals surface area contributed by atoms with Gasteiger partial charge in [0.1, 0.15) is 0 Å². The SMILES string of the molecule is CCNC(=NCCCCN(C)c1ccccc1)NC1CCN(c2cccs2)CC1. The highest BCUT2D eigenvalue weighted by molar-refractivity contribution is 7.14. The fourth-order valence-corrected chi connectivity index (χ4v) is 4.46. The number of nitrogens with zero attached hydrogens (tertiary/aromatic N) is 3. The maximum atomic E-state index is 4.81. The molecule has 1 aliphatic rings. The van der Waals surface area contributed by atoms with Crippen molar-refractivity contribution in [2.45, 2.75) is 38.6 Å². The van der Waals surface area contributed by atoms with Crippen LogP contribution in [-0.2, 0) is 0 Å². The molecule has 2 aromatic rings. The molecule has 6 heteroatoms. The molecule has 1 fully saturated rings. The van der Waals surface area contributed by atoms with Gasteiger partial charge in [-0.05, 0) is 62.3 Å². The van der Waals surface area contributed by atoms with Crippen LogP contribution in [0.25, 0.3) is 0 Å². The molecule has 3 rings (SSSR count). The topological polar surface area (TPSA) is 42.9 Å². The minimum absolute atomic E-state index is 0.508. The number of rotatable bonds is 9. The quantitative estimate of drug-likeness (QED) is 0.368. The minimum atomic E-state index is 0.508. The molecule has 0 bridgehead atoms. The molecular weight excluding hydrogens is 378 g/mol. The van der Waals surface area contributed by atoms with Crippen molar-refractivity contribution < 1.29 is 0 Å². The fourth-order valence-electron chi connectivity index (χ4n) is 3.67. The summed E-state index contributed by atoms with van der Waals surface area (Å²) in [5.41, 5.74) is 1.28. The van der Waals surface area contributed by atoms with Crippen LogP contribution in [0.5, 0.6) is 0 Å². The van der Waals surface area contributed by atoms with Gasteiger partial charge in [0.25, 0.3) is 0 Å². The Morgan fingerprint density at radius 1 is 1.14 bits per heavy atom. The van der Waals surface area contributed by atoms with Crippen LogP contribution in [0.2, 0.25) is 0 Å². The van der Waals surface area contributed by atoms with E-state index in [2.05, 4.69) is 82.2 Å². The van der Waals surface area contributed by atoms with E-state index in [9.17, 15) is 0 Å². The van der Waals surface area contributed by atoms with Gasteiger partial charge >= 0.3 is 0 Å². The summed E-state index contributed by atoms with van der Waals surface area (Å²) < 4.78 is 0. The van der Waals surface area contributed by atoms with Gasteiger partial charge < -0.3 is 20.4 Å². The molecule has 1 aromatic heterocycles. The molecule has 0 atom stereocenters. The van der Waals surface area contributed by atoms with Crippen LogP contribution < -0.4 is 20.4 Å². The Kier molecular flexibility index (Phi) is 8.68. The first-order valence-corrected chi connectivity index (χ1v) is 11.7. The summed E-state index contributed by atoms with van der Waals surface area (Å²) in [4.78, 5) is 9.62. The number of guanidine groups is 1. The molecule has 0 aliphatic carbocycles. The van der Waals surface area contributed by atoms with Gasteiger partial charge in [-0.25, -0.2) is 0 Å². The van der Waals surface area contributed by atoms with Gasteiger partial charge in [0.2, 0.25) is 0 Å². The van der Waals surface area contributed by atoms with Crippen LogP contribution in [0.1, 0.15) is 32.6 Å². The van der Waals surface area contributed by atoms with Gasteiger partial charge in [-0.2, -0.15) is 0 Å². The zero-order valence-corrected chi connectivity index (χ0v) is 18.6. The zero-order chi connectivity index (χ0) is 20.3. The molecule has 1 aliphatic heterocycles. The van der Waals surface area contributed by atoms with Crippen molar-refractivity contribution in [3.05, 3.63) is 47.8 Å². The Balaban J connectivity index is 1.37. The Morgan fingerprint density at radius 3 is 2.62 bits per heavy atom. The Bertz CT molecular complexity index is 708. The third-order valence-corrected chi connectivity index (χ3v) is 6.30. The van der Waals surface area contributed by atoms with Crippen molar-refractivity contribution in [2.75, 3.05) is 49.6 Å². The summed E-state index contributed by atoms with van der Waals surface area (Å²) in [6.07, 6.45) is 4.56. The lowest BCUT2D eigenvalue weighted by Gasteiger charge is -2.33. The average Bonchev–Trinajstić information content (AvgIpc) is 3.29. The third kappa shape index (κ3) is 6.96. The molecule has 0 radical (unpaired) electrons. The highest BCUT2D eigenvalue weighted by atomic mass is 32.1. The summed E-state index contributed by atoms with van der Waals surface area (Å²) in [5, 5.41) is 10.6. The summed E-state index contributed by atoms with van der Waals surface area (Å²) in [6, 6.07) is 15.4. The van der Waals surface area contributed by atoms with Crippen molar-refractivity contribution in [2.24, 2.45) is 4.99 Å². The van der Waals surface area contributed by atoms with Gasteiger partial charge in [-0.1, -0.05) is 18.2 Å². The Hall–Kier alpha value is -2.21. The third-order valence-electron chi connectivity index (χ3n) is 5.37. The smallest absolute Gasteiger partial charge is 0.191 e. The first-order chi connectivity index (χ1) is 14.3. The summed E-state index contributed by atoms with van der Waals surface area (Å²) in [7, 11) is 2.16. The fraction of sp³-hybridized carbons (Fsp3) is 0.522. The minimum Gasteiger partial charge on any atom is -0.375 e. The van der Waals surface area contributed by atoms with E-state index in [-0.39, 0.29) is 0 Å². The van der Waals surface area contributed by atoms with Crippen LogP contribution in [0.15, 0.2) is 52.8 Å².